The molecule has 0 unspecified atom stereocenters. The van der Waals surface area contributed by atoms with Crippen LogP contribution in [0.25, 0.3) is 5.69 Å². The number of hydrogen-bond acceptors (Lipinski definition) is 10. The van der Waals surface area contributed by atoms with Gasteiger partial charge in [0.15, 0.2) is 11.6 Å². The highest BCUT2D eigenvalue weighted by atomic mass is 79.9. The highest BCUT2D eigenvalue weighted by molar-refractivity contribution is 9.10. The molecule has 0 saturated carbocycles. The average Bonchev–Trinajstić information content (AvgIpc) is 3.48. The lowest BCUT2D eigenvalue weighted by Gasteiger charge is -2.43. The highest BCUT2D eigenvalue weighted by Gasteiger charge is 2.28. The molecule has 2 aromatic heterocycles. The number of methoxy groups -OCH3 is 1. The van der Waals surface area contributed by atoms with E-state index >= 15 is 4.39 Å². The zero-order valence-corrected chi connectivity index (χ0v) is 30.3. The van der Waals surface area contributed by atoms with Crippen LogP contribution in [0.3, 0.4) is 0 Å². The number of aryl methyl sites for hydroxylation is 1. The van der Waals surface area contributed by atoms with Crippen LogP contribution in [0.2, 0.25) is 0 Å². The number of nitrogens with one attached hydrogen (secondary N) is 2. The Bertz CT molecular complexity index is 1840. The van der Waals surface area contributed by atoms with Gasteiger partial charge in [0.1, 0.15) is 24.4 Å². The fraction of sp³-hybridized carbons (Fsp3) is 0.424. The molecule has 0 amide bonds. The molecule has 2 fully saturated rings. The van der Waals surface area contributed by atoms with Gasteiger partial charge in [-0.3, -0.25) is 4.90 Å². The van der Waals surface area contributed by atoms with Gasteiger partial charge in [0.25, 0.3) is 0 Å². The maximum absolute atomic E-state index is 15.8. The van der Waals surface area contributed by atoms with Gasteiger partial charge >= 0.3 is 0 Å². The van der Waals surface area contributed by atoms with Crippen molar-refractivity contribution in [2.75, 3.05) is 82.3 Å². The number of anilines is 5. The molecule has 2 aliphatic heterocycles. The molecule has 15 heteroatoms. The fourth-order valence-corrected chi connectivity index (χ4v) is 8.09. The number of piperidine rings is 1. The van der Waals surface area contributed by atoms with Gasteiger partial charge in [0.2, 0.25) is 5.95 Å². The summed E-state index contributed by atoms with van der Waals surface area (Å²) in [6.45, 7) is 11.6. The van der Waals surface area contributed by atoms with Gasteiger partial charge in [0.05, 0.1) is 40.7 Å². The number of nitrogens with zero attached hydrogens (tertiary/aromatic N) is 7. The molecule has 11 nitrogen and oxygen atoms in total. The number of piperazine rings is 1. The minimum absolute atomic E-state index is 0.0159. The second kappa shape index (κ2) is 14.1. The summed E-state index contributed by atoms with van der Waals surface area (Å²) in [5.74, 6) is -0.104. The Hall–Kier alpha value is -3.58. The Labute approximate surface area is 288 Å². The molecule has 48 heavy (non-hydrogen) atoms. The van der Waals surface area contributed by atoms with Gasteiger partial charge in [-0.25, -0.2) is 18.4 Å². The summed E-state index contributed by atoms with van der Waals surface area (Å²) in [6.07, 6.45) is 5.89. The SMILES string of the molecule is COc1cc(N2CCC(N3CCN(C)CC3)CC2)c(C)cc1Nc1ncc(Br)c(Nc2ccc(-n3cc(F)cn3)c(F)c2P(C)(C)=O)n1. The van der Waals surface area contributed by atoms with Crippen molar-refractivity contribution in [3.8, 4) is 11.4 Å². The zero-order valence-electron chi connectivity index (χ0n) is 27.8. The van der Waals surface area contributed by atoms with Gasteiger partial charge in [-0.15, -0.1) is 0 Å². The van der Waals surface area contributed by atoms with E-state index < -0.39 is 18.8 Å². The van der Waals surface area contributed by atoms with Gasteiger partial charge < -0.3 is 29.7 Å². The van der Waals surface area contributed by atoms with Crippen LogP contribution in [0.15, 0.2) is 47.3 Å². The molecule has 0 bridgehead atoms. The second-order valence-corrected chi connectivity index (χ2v) is 16.8. The van der Waals surface area contributed by atoms with Crippen molar-refractivity contribution in [3.05, 3.63) is 64.5 Å². The molecule has 2 aromatic carbocycles. The molecule has 4 aromatic rings. The minimum Gasteiger partial charge on any atom is -0.494 e. The van der Waals surface area contributed by atoms with E-state index in [1.807, 2.05) is 6.07 Å². The van der Waals surface area contributed by atoms with Crippen molar-refractivity contribution < 1.29 is 18.1 Å². The molecule has 2 N–H and O–H groups in total. The second-order valence-electron chi connectivity index (χ2n) is 12.8. The molecule has 0 atom stereocenters. The van der Waals surface area contributed by atoms with Gasteiger partial charge in [0, 0.05) is 63.3 Å². The quantitative estimate of drug-likeness (QED) is 0.200. The van der Waals surface area contributed by atoms with E-state index in [4.69, 9.17) is 4.74 Å². The molecule has 2 saturated heterocycles. The first-order valence-corrected chi connectivity index (χ1v) is 19.3. The number of likely N-dealkylation sites (N-methyl/N-ethyl adjacent to an activating group) is 1. The Morgan fingerprint density at radius 1 is 0.979 bits per heavy atom. The zero-order chi connectivity index (χ0) is 34.2. The summed E-state index contributed by atoms with van der Waals surface area (Å²) in [5.41, 5.74) is 3.20. The number of halogens is 3. The summed E-state index contributed by atoms with van der Waals surface area (Å²) in [4.78, 5) is 16.6. The van der Waals surface area contributed by atoms with E-state index in [2.05, 4.69) is 76.4 Å². The first kappa shape index (κ1) is 34.3. The number of hydrogen-bond donors (Lipinski definition) is 2. The monoisotopic (exact) mass is 743 g/mol. The summed E-state index contributed by atoms with van der Waals surface area (Å²) in [7, 11) is 0.661. The molecular weight excluding hydrogens is 703 g/mol. The third-order valence-electron chi connectivity index (χ3n) is 9.05. The molecule has 0 aliphatic carbocycles. The first-order valence-electron chi connectivity index (χ1n) is 15.9. The van der Waals surface area contributed by atoms with E-state index in [1.54, 1.807) is 19.4 Å². The van der Waals surface area contributed by atoms with Crippen LogP contribution in [-0.2, 0) is 4.57 Å². The normalized spacial score (nSPS) is 16.7. The van der Waals surface area contributed by atoms with Crippen molar-refractivity contribution in [1.82, 2.24) is 29.5 Å². The summed E-state index contributed by atoms with van der Waals surface area (Å²) >= 11 is 3.48. The molecule has 0 radical (unpaired) electrons. The number of aromatic nitrogens is 4. The van der Waals surface area contributed by atoms with Crippen LogP contribution in [0.4, 0.5) is 37.6 Å². The Kier molecular flexibility index (Phi) is 10.1. The van der Waals surface area contributed by atoms with Crippen LogP contribution < -0.4 is 25.6 Å². The Morgan fingerprint density at radius 3 is 2.35 bits per heavy atom. The van der Waals surface area contributed by atoms with Crippen molar-refractivity contribution in [1.29, 1.82) is 0 Å². The average molecular weight is 745 g/mol. The van der Waals surface area contributed by atoms with Gasteiger partial charge in [-0.2, -0.15) is 10.1 Å². The lowest BCUT2D eigenvalue weighted by atomic mass is 10.0. The Morgan fingerprint density at radius 2 is 1.71 bits per heavy atom. The summed E-state index contributed by atoms with van der Waals surface area (Å²) < 4.78 is 50.2. The number of rotatable bonds is 9. The molecule has 2 aliphatic rings. The molecule has 4 heterocycles. The lowest BCUT2D eigenvalue weighted by molar-refractivity contribution is 0.0982. The van der Waals surface area contributed by atoms with Crippen molar-refractivity contribution >= 4 is 57.2 Å². The predicted octanol–water partition coefficient (Wildman–Crippen LogP) is 5.97. The third-order valence-corrected chi connectivity index (χ3v) is 11.1. The van der Waals surface area contributed by atoms with Crippen molar-refractivity contribution in [3.63, 3.8) is 0 Å². The summed E-state index contributed by atoms with van der Waals surface area (Å²) in [6, 6.07) is 7.75. The van der Waals surface area contributed by atoms with Crippen LogP contribution >= 0.6 is 23.1 Å². The molecule has 0 spiro atoms. The van der Waals surface area contributed by atoms with Crippen LogP contribution in [-0.4, -0.2) is 102 Å². The van der Waals surface area contributed by atoms with Crippen LogP contribution in [0, 0.1) is 18.6 Å². The van der Waals surface area contributed by atoms with E-state index in [9.17, 15) is 8.96 Å². The molecule has 6 rings (SSSR count). The Balaban J connectivity index is 1.21. The largest absolute Gasteiger partial charge is 0.494 e. The van der Waals surface area contributed by atoms with Crippen LogP contribution in [0.1, 0.15) is 18.4 Å². The minimum atomic E-state index is -3.17. The van der Waals surface area contributed by atoms with E-state index in [0.717, 1.165) is 80.4 Å². The lowest BCUT2D eigenvalue weighted by Crippen LogP contribution is -2.52. The topological polar surface area (TPSA) is 104 Å². The van der Waals surface area contributed by atoms with Crippen molar-refractivity contribution in [2.45, 2.75) is 25.8 Å². The predicted molar refractivity (Wildman–Crippen MR) is 191 cm³/mol. The maximum atomic E-state index is 15.8. The summed E-state index contributed by atoms with van der Waals surface area (Å²) in [5, 5.41) is 10.2. The standard InChI is InChI=1S/C33H41BrF2N9O2P/c1-21-16-26(29(47-3)17-28(21)44-10-8-23(9-11-44)43-14-12-42(2)13-15-43)40-33-37-19-24(34)32(41-33)39-25-6-7-27(45-20-22(35)18-38-45)30(36)31(25)48(4,5)46/h6-7,16-20,23H,8-15H2,1-5H3,(H2,37,39,40,41). The number of benzene rings is 2. The van der Waals surface area contributed by atoms with E-state index in [-0.39, 0.29) is 22.6 Å². The number of ether oxygens (including phenoxy) is 1. The smallest absolute Gasteiger partial charge is 0.229 e. The molecular formula is C33H41BrF2N9O2P. The van der Waals surface area contributed by atoms with Gasteiger partial charge in [-0.1, -0.05) is 0 Å². The highest BCUT2D eigenvalue weighted by Crippen LogP contribution is 2.42. The third kappa shape index (κ3) is 7.36. The fourth-order valence-electron chi connectivity index (χ4n) is 6.50. The van der Waals surface area contributed by atoms with E-state index in [1.165, 1.54) is 19.4 Å². The molecule has 256 valence electrons. The first-order chi connectivity index (χ1) is 22.9. The maximum Gasteiger partial charge on any atom is 0.229 e. The van der Waals surface area contributed by atoms with Gasteiger partial charge in [-0.05, 0) is 79.8 Å². The van der Waals surface area contributed by atoms with Crippen LogP contribution in [0.5, 0.6) is 5.75 Å². The van der Waals surface area contributed by atoms with Crippen molar-refractivity contribution in [2.24, 2.45) is 0 Å². The van der Waals surface area contributed by atoms with E-state index in [0.29, 0.717) is 27.8 Å².